The Morgan fingerprint density at radius 1 is 1.15 bits per heavy atom. The molecule has 2 heterocycles. The maximum absolute atomic E-state index is 6.04. The van der Waals surface area contributed by atoms with Crippen LogP contribution in [-0.4, -0.2) is 36.9 Å². The molecule has 26 heavy (non-hydrogen) atoms. The lowest BCUT2D eigenvalue weighted by atomic mass is 10.0. The van der Waals surface area contributed by atoms with Crippen LogP contribution in [0.3, 0.4) is 0 Å². The average Bonchev–Trinajstić information content (AvgIpc) is 3.15. The van der Waals surface area contributed by atoms with Crippen LogP contribution in [0.2, 0.25) is 0 Å². The van der Waals surface area contributed by atoms with Gasteiger partial charge in [-0.15, -0.1) is 0 Å². The first kappa shape index (κ1) is 17.1. The molecule has 0 aliphatic carbocycles. The van der Waals surface area contributed by atoms with Gasteiger partial charge in [-0.3, -0.25) is 4.90 Å². The van der Waals surface area contributed by atoms with Gasteiger partial charge < -0.3 is 14.0 Å². The average molecular weight is 352 g/mol. The zero-order valence-electron chi connectivity index (χ0n) is 15.3. The summed E-state index contributed by atoms with van der Waals surface area (Å²) in [5.74, 6) is 1.80. The Morgan fingerprint density at radius 2 is 2.00 bits per heavy atom. The molecule has 1 aliphatic heterocycles. The molecule has 3 aromatic rings. The fourth-order valence-corrected chi connectivity index (χ4v) is 3.43. The summed E-state index contributed by atoms with van der Waals surface area (Å²) in [5, 5.41) is 6.46. The third-order valence-corrected chi connectivity index (χ3v) is 4.94. The van der Waals surface area contributed by atoms with Gasteiger partial charge in [-0.05, 0) is 41.0 Å². The Labute approximate surface area is 153 Å². The van der Waals surface area contributed by atoms with Crippen molar-refractivity contribution in [3.8, 4) is 5.75 Å². The van der Waals surface area contributed by atoms with Gasteiger partial charge in [0.15, 0.2) is 5.76 Å². The number of aryl methyl sites for hydroxylation is 1. The molecule has 0 saturated carbocycles. The lowest BCUT2D eigenvalue weighted by molar-refractivity contribution is -0.0350. The number of nitrogens with zero attached hydrogens (tertiary/aromatic N) is 2. The smallest absolute Gasteiger partial charge is 0.150 e. The zero-order valence-corrected chi connectivity index (χ0v) is 15.3. The van der Waals surface area contributed by atoms with E-state index in [1.165, 1.54) is 16.3 Å². The van der Waals surface area contributed by atoms with Gasteiger partial charge in [0.1, 0.15) is 5.75 Å². The second kappa shape index (κ2) is 7.48. The normalized spacial score (nSPS) is 18.3. The van der Waals surface area contributed by atoms with Gasteiger partial charge in [0, 0.05) is 19.2 Å². The first-order chi connectivity index (χ1) is 12.7. The molecule has 2 aromatic carbocycles. The Balaban J connectivity index is 1.49. The molecule has 0 bridgehead atoms. The number of morpholine rings is 1. The third kappa shape index (κ3) is 3.59. The van der Waals surface area contributed by atoms with E-state index in [1.807, 2.05) is 12.1 Å². The van der Waals surface area contributed by atoms with E-state index in [1.54, 1.807) is 7.11 Å². The Morgan fingerprint density at radius 3 is 2.81 bits per heavy atom. The fraction of sp³-hybridized carbons (Fsp3) is 0.381. The molecule has 4 rings (SSSR count). The van der Waals surface area contributed by atoms with Gasteiger partial charge in [0.2, 0.25) is 0 Å². The van der Waals surface area contributed by atoms with Crippen LogP contribution in [0.25, 0.3) is 10.8 Å². The molecular weight excluding hydrogens is 328 g/mol. The highest BCUT2D eigenvalue weighted by molar-refractivity contribution is 5.84. The van der Waals surface area contributed by atoms with Crippen LogP contribution in [0.4, 0.5) is 0 Å². The number of hydrogen-bond acceptors (Lipinski definition) is 5. The first-order valence-corrected chi connectivity index (χ1v) is 9.11. The largest absolute Gasteiger partial charge is 0.497 e. The van der Waals surface area contributed by atoms with Crippen LogP contribution in [0.15, 0.2) is 47.0 Å². The van der Waals surface area contributed by atoms with Gasteiger partial charge in [-0.25, -0.2) is 0 Å². The van der Waals surface area contributed by atoms with Crippen LogP contribution in [-0.2, 0) is 17.7 Å². The van der Waals surface area contributed by atoms with Crippen LogP contribution in [0.5, 0.6) is 5.75 Å². The molecule has 0 radical (unpaired) electrons. The molecule has 1 atom stereocenters. The first-order valence-electron chi connectivity index (χ1n) is 9.11. The second-order valence-electron chi connectivity index (χ2n) is 6.71. The van der Waals surface area contributed by atoms with Gasteiger partial charge in [-0.1, -0.05) is 30.3 Å². The summed E-state index contributed by atoms with van der Waals surface area (Å²) in [5.41, 5.74) is 2.22. The molecule has 0 unspecified atom stereocenters. The molecular formula is C21H24N2O3. The molecule has 0 amide bonds. The summed E-state index contributed by atoms with van der Waals surface area (Å²) in [4.78, 5) is 2.37. The maximum Gasteiger partial charge on any atom is 0.150 e. The highest BCUT2D eigenvalue weighted by atomic mass is 16.5. The molecule has 0 spiro atoms. The molecule has 1 aliphatic rings. The van der Waals surface area contributed by atoms with E-state index in [0.717, 1.165) is 49.9 Å². The van der Waals surface area contributed by atoms with Crippen molar-refractivity contribution in [1.82, 2.24) is 10.1 Å². The van der Waals surface area contributed by atoms with E-state index in [0.29, 0.717) is 0 Å². The van der Waals surface area contributed by atoms with Crippen molar-refractivity contribution in [3.63, 3.8) is 0 Å². The maximum atomic E-state index is 6.04. The van der Waals surface area contributed by atoms with Crippen molar-refractivity contribution in [2.75, 3.05) is 26.8 Å². The van der Waals surface area contributed by atoms with Crippen LogP contribution >= 0.6 is 0 Å². The summed E-state index contributed by atoms with van der Waals surface area (Å²) in [6, 6.07) is 14.7. The van der Waals surface area contributed by atoms with Crippen molar-refractivity contribution in [1.29, 1.82) is 0 Å². The SMILES string of the molecule is CCc1cc(CN2CCO[C@H](c3ccc4cc(OC)ccc4c3)C2)on1. The summed E-state index contributed by atoms with van der Waals surface area (Å²) >= 11 is 0. The van der Waals surface area contributed by atoms with E-state index in [4.69, 9.17) is 14.0 Å². The molecule has 5 nitrogen and oxygen atoms in total. The van der Waals surface area contributed by atoms with Gasteiger partial charge >= 0.3 is 0 Å². The van der Waals surface area contributed by atoms with Gasteiger partial charge in [-0.2, -0.15) is 0 Å². The number of benzene rings is 2. The molecule has 0 N–H and O–H groups in total. The minimum Gasteiger partial charge on any atom is -0.497 e. The Hall–Kier alpha value is -2.37. The van der Waals surface area contributed by atoms with Crippen molar-refractivity contribution in [2.24, 2.45) is 0 Å². The Bertz CT molecular complexity index is 890. The topological polar surface area (TPSA) is 47.7 Å². The summed E-state index contributed by atoms with van der Waals surface area (Å²) in [6.07, 6.45) is 0.973. The highest BCUT2D eigenvalue weighted by Gasteiger charge is 2.23. The highest BCUT2D eigenvalue weighted by Crippen LogP contribution is 2.28. The fourth-order valence-electron chi connectivity index (χ4n) is 3.43. The van der Waals surface area contributed by atoms with E-state index < -0.39 is 0 Å². The van der Waals surface area contributed by atoms with Gasteiger partial charge in [0.25, 0.3) is 0 Å². The monoisotopic (exact) mass is 352 g/mol. The zero-order chi connectivity index (χ0) is 17.9. The summed E-state index contributed by atoms with van der Waals surface area (Å²) < 4.78 is 16.8. The quantitative estimate of drug-likeness (QED) is 0.695. The van der Waals surface area contributed by atoms with E-state index >= 15 is 0 Å². The number of fused-ring (bicyclic) bond motifs is 1. The number of aromatic nitrogens is 1. The molecule has 1 fully saturated rings. The third-order valence-electron chi connectivity index (χ3n) is 4.94. The van der Waals surface area contributed by atoms with Crippen LogP contribution < -0.4 is 4.74 Å². The van der Waals surface area contributed by atoms with E-state index in [2.05, 4.69) is 47.3 Å². The lowest BCUT2D eigenvalue weighted by Gasteiger charge is -2.32. The van der Waals surface area contributed by atoms with Crippen LogP contribution in [0.1, 0.15) is 30.0 Å². The minimum absolute atomic E-state index is 0.0730. The van der Waals surface area contributed by atoms with Crippen molar-refractivity contribution in [3.05, 3.63) is 59.5 Å². The van der Waals surface area contributed by atoms with Crippen molar-refractivity contribution >= 4 is 10.8 Å². The predicted octanol–water partition coefficient (Wildman–Crippen LogP) is 3.97. The number of ether oxygens (including phenoxy) is 2. The van der Waals surface area contributed by atoms with Crippen molar-refractivity contribution < 1.29 is 14.0 Å². The Kier molecular flexibility index (Phi) is 4.91. The van der Waals surface area contributed by atoms with Crippen LogP contribution in [0, 0.1) is 0 Å². The summed E-state index contributed by atoms with van der Waals surface area (Å²) in [6.45, 7) is 5.34. The minimum atomic E-state index is 0.0730. The standard InChI is InChI=1S/C21H24N2O3/c1-3-18-12-20(26-22-18)13-23-8-9-25-21(14-23)17-5-4-16-11-19(24-2)7-6-15(16)10-17/h4-7,10-12,21H,3,8-9,13-14H2,1-2H3/t21-/m0/s1. The molecule has 1 aromatic heterocycles. The van der Waals surface area contributed by atoms with E-state index in [9.17, 15) is 0 Å². The molecule has 136 valence electrons. The summed E-state index contributed by atoms with van der Waals surface area (Å²) in [7, 11) is 1.69. The van der Waals surface area contributed by atoms with Crippen molar-refractivity contribution in [2.45, 2.75) is 26.0 Å². The lowest BCUT2D eigenvalue weighted by Crippen LogP contribution is -2.37. The number of rotatable bonds is 5. The number of hydrogen-bond donors (Lipinski definition) is 0. The second-order valence-corrected chi connectivity index (χ2v) is 6.71. The predicted molar refractivity (Wildman–Crippen MR) is 100 cm³/mol. The van der Waals surface area contributed by atoms with Gasteiger partial charge in [0.05, 0.1) is 32.1 Å². The van der Waals surface area contributed by atoms with E-state index in [-0.39, 0.29) is 6.10 Å². The number of methoxy groups -OCH3 is 1. The molecule has 5 heteroatoms. The molecule has 1 saturated heterocycles.